The summed E-state index contributed by atoms with van der Waals surface area (Å²) in [6, 6.07) is 6.65. The second-order valence-electron chi connectivity index (χ2n) is 3.20. The fraction of sp³-hybridized carbons (Fsp3) is 0.364. The van der Waals surface area contributed by atoms with E-state index in [9.17, 15) is 4.79 Å². The first-order valence-electron chi connectivity index (χ1n) is 4.74. The van der Waals surface area contributed by atoms with Gasteiger partial charge in [0.1, 0.15) is 0 Å². The van der Waals surface area contributed by atoms with Crippen molar-refractivity contribution in [3.05, 3.63) is 35.4 Å². The minimum Gasteiger partial charge on any atom is -0.465 e. The lowest BCUT2D eigenvalue weighted by molar-refractivity contribution is 0.0598. The third-order valence-corrected chi connectivity index (χ3v) is 2.21. The topological polar surface area (TPSA) is 72.5 Å². The van der Waals surface area contributed by atoms with E-state index in [4.69, 9.17) is 10.8 Å². The molecule has 0 saturated carbocycles. The molecule has 4 nitrogen and oxygen atoms in total. The molecule has 0 radical (unpaired) electrons. The first kappa shape index (κ1) is 11.7. The van der Waals surface area contributed by atoms with Gasteiger partial charge in [0.15, 0.2) is 0 Å². The molecule has 1 aromatic carbocycles. The fourth-order valence-electron chi connectivity index (χ4n) is 1.41. The van der Waals surface area contributed by atoms with Crippen LogP contribution in [0.2, 0.25) is 0 Å². The molecule has 15 heavy (non-hydrogen) atoms. The summed E-state index contributed by atoms with van der Waals surface area (Å²) in [5.41, 5.74) is 7.00. The molecule has 1 aromatic rings. The van der Waals surface area contributed by atoms with E-state index in [1.165, 1.54) is 7.11 Å². The van der Waals surface area contributed by atoms with Gasteiger partial charge in [0.2, 0.25) is 0 Å². The molecule has 0 aliphatic rings. The number of aliphatic hydroxyl groups excluding tert-OH is 1. The molecule has 4 heteroatoms. The number of carbonyl (C=O) groups excluding carboxylic acids is 1. The Hall–Kier alpha value is -1.39. The predicted octanol–water partition coefficient (Wildman–Crippen LogP) is 0.855. The van der Waals surface area contributed by atoms with Crippen LogP contribution in [0.3, 0.4) is 0 Å². The molecule has 1 rings (SSSR count). The summed E-state index contributed by atoms with van der Waals surface area (Å²) in [6.07, 6.45) is 0.425. The van der Waals surface area contributed by atoms with Crippen molar-refractivity contribution in [1.82, 2.24) is 0 Å². The van der Waals surface area contributed by atoms with Gasteiger partial charge in [-0.15, -0.1) is 0 Å². The Kier molecular flexibility index (Phi) is 4.27. The maximum absolute atomic E-state index is 11.4. The van der Waals surface area contributed by atoms with Crippen LogP contribution in [0.4, 0.5) is 0 Å². The number of benzene rings is 1. The Morgan fingerprint density at radius 2 is 2.20 bits per heavy atom. The molecule has 0 aliphatic carbocycles. The number of hydrogen-bond acceptors (Lipinski definition) is 4. The molecule has 1 atom stereocenters. The largest absolute Gasteiger partial charge is 0.465 e. The van der Waals surface area contributed by atoms with Crippen molar-refractivity contribution in [2.45, 2.75) is 12.5 Å². The minimum atomic E-state index is -0.404. The lowest BCUT2D eigenvalue weighted by Crippen LogP contribution is -2.16. The molecule has 0 amide bonds. The van der Waals surface area contributed by atoms with Crippen molar-refractivity contribution in [3.63, 3.8) is 0 Å². The van der Waals surface area contributed by atoms with Gasteiger partial charge in [-0.05, 0) is 18.1 Å². The number of nitrogens with two attached hydrogens (primary N) is 1. The maximum atomic E-state index is 11.4. The standard InChI is InChI=1S/C11H15NO3/c1-15-11(14)9-5-3-2-4-8(9)10(12)6-7-13/h2-5,10,13H,6-7,12H2,1H3. The maximum Gasteiger partial charge on any atom is 0.338 e. The molecular formula is C11H15NO3. The molecule has 0 spiro atoms. The van der Waals surface area contributed by atoms with Gasteiger partial charge in [-0.2, -0.15) is 0 Å². The number of esters is 1. The zero-order chi connectivity index (χ0) is 11.3. The number of methoxy groups -OCH3 is 1. The summed E-state index contributed by atoms with van der Waals surface area (Å²) in [7, 11) is 1.33. The molecule has 0 heterocycles. The highest BCUT2D eigenvalue weighted by Gasteiger charge is 2.15. The van der Waals surface area contributed by atoms with E-state index in [-0.39, 0.29) is 12.6 Å². The van der Waals surface area contributed by atoms with Crippen LogP contribution in [-0.4, -0.2) is 24.8 Å². The van der Waals surface area contributed by atoms with Crippen molar-refractivity contribution in [3.8, 4) is 0 Å². The van der Waals surface area contributed by atoms with Gasteiger partial charge in [0.05, 0.1) is 12.7 Å². The highest BCUT2D eigenvalue weighted by Crippen LogP contribution is 2.19. The number of hydrogen-bond donors (Lipinski definition) is 2. The summed E-state index contributed by atoms with van der Waals surface area (Å²) in [5, 5.41) is 8.79. The van der Waals surface area contributed by atoms with Crippen molar-refractivity contribution < 1.29 is 14.6 Å². The molecule has 1 unspecified atom stereocenters. The fourth-order valence-corrected chi connectivity index (χ4v) is 1.41. The number of aliphatic hydroxyl groups is 1. The molecule has 82 valence electrons. The molecular weight excluding hydrogens is 194 g/mol. The first-order chi connectivity index (χ1) is 7.20. The minimum absolute atomic E-state index is 0.00330. The van der Waals surface area contributed by atoms with E-state index in [1.807, 2.05) is 0 Å². The van der Waals surface area contributed by atoms with Crippen LogP contribution in [0.25, 0.3) is 0 Å². The third-order valence-electron chi connectivity index (χ3n) is 2.21. The predicted molar refractivity (Wildman–Crippen MR) is 56.4 cm³/mol. The van der Waals surface area contributed by atoms with Crippen LogP contribution in [0.5, 0.6) is 0 Å². The summed E-state index contributed by atoms with van der Waals surface area (Å²) in [5.74, 6) is -0.404. The quantitative estimate of drug-likeness (QED) is 0.721. The van der Waals surface area contributed by atoms with E-state index in [0.29, 0.717) is 17.5 Å². The molecule has 0 aliphatic heterocycles. The second-order valence-corrected chi connectivity index (χ2v) is 3.20. The lowest BCUT2D eigenvalue weighted by atomic mass is 9.99. The molecule has 3 N–H and O–H groups in total. The van der Waals surface area contributed by atoms with Gasteiger partial charge < -0.3 is 15.6 Å². The van der Waals surface area contributed by atoms with E-state index in [1.54, 1.807) is 24.3 Å². The number of rotatable bonds is 4. The lowest BCUT2D eigenvalue weighted by Gasteiger charge is -2.13. The van der Waals surface area contributed by atoms with Crippen LogP contribution in [0, 0.1) is 0 Å². The third kappa shape index (κ3) is 2.78. The Labute approximate surface area is 88.7 Å². The molecule has 0 bridgehead atoms. The highest BCUT2D eigenvalue weighted by atomic mass is 16.5. The Morgan fingerprint density at radius 1 is 1.53 bits per heavy atom. The average Bonchev–Trinajstić information content (AvgIpc) is 2.28. The van der Waals surface area contributed by atoms with Crippen LogP contribution < -0.4 is 5.73 Å². The van der Waals surface area contributed by atoms with Crippen molar-refractivity contribution in [2.75, 3.05) is 13.7 Å². The Balaban J connectivity index is 3.00. The second kappa shape index (κ2) is 5.48. The van der Waals surface area contributed by atoms with Crippen molar-refractivity contribution in [2.24, 2.45) is 5.73 Å². The Morgan fingerprint density at radius 3 is 2.80 bits per heavy atom. The van der Waals surface area contributed by atoms with Crippen LogP contribution in [0.1, 0.15) is 28.4 Å². The Bertz CT molecular complexity index is 338. The summed E-state index contributed by atoms with van der Waals surface area (Å²) in [6.45, 7) is -0.00330. The molecule has 0 saturated heterocycles. The van der Waals surface area contributed by atoms with Gasteiger partial charge in [0, 0.05) is 12.6 Å². The summed E-state index contributed by atoms with van der Waals surface area (Å²) < 4.78 is 4.65. The van der Waals surface area contributed by atoms with E-state index >= 15 is 0 Å². The normalized spacial score (nSPS) is 12.2. The van der Waals surface area contributed by atoms with Gasteiger partial charge in [-0.1, -0.05) is 18.2 Å². The van der Waals surface area contributed by atoms with E-state index in [2.05, 4.69) is 4.74 Å². The zero-order valence-corrected chi connectivity index (χ0v) is 8.64. The summed E-state index contributed by atoms with van der Waals surface area (Å²) in [4.78, 5) is 11.4. The van der Waals surface area contributed by atoms with E-state index < -0.39 is 5.97 Å². The summed E-state index contributed by atoms with van der Waals surface area (Å²) >= 11 is 0. The van der Waals surface area contributed by atoms with Crippen LogP contribution in [0.15, 0.2) is 24.3 Å². The first-order valence-corrected chi connectivity index (χ1v) is 4.74. The van der Waals surface area contributed by atoms with Crippen molar-refractivity contribution >= 4 is 5.97 Å². The number of carbonyl (C=O) groups is 1. The van der Waals surface area contributed by atoms with Gasteiger partial charge in [0.25, 0.3) is 0 Å². The molecule has 0 fully saturated rings. The van der Waals surface area contributed by atoms with Gasteiger partial charge in [-0.25, -0.2) is 4.79 Å². The smallest absolute Gasteiger partial charge is 0.338 e. The average molecular weight is 209 g/mol. The SMILES string of the molecule is COC(=O)c1ccccc1C(N)CCO. The van der Waals surface area contributed by atoms with Crippen molar-refractivity contribution in [1.29, 1.82) is 0 Å². The number of ether oxygens (including phenoxy) is 1. The van der Waals surface area contributed by atoms with Gasteiger partial charge in [-0.3, -0.25) is 0 Å². The van der Waals surface area contributed by atoms with Crippen LogP contribution >= 0.6 is 0 Å². The van der Waals surface area contributed by atoms with Gasteiger partial charge >= 0.3 is 5.97 Å². The highest BCUT2D eigenvalue weighted by molar-refractivity contribution is 5.91. The zero-order valence-electron chi connectivity index (χ0n) is 8.64. The molecule has 0 aromatic heterocycles. The van der Waals surface area contributed by atoms with E-state index in [0.717, 1.165) is 0 Å². The monoisotopic (exact) mass is 209 g/mol. The van der Waals surface area contributed by atoms with Crippen LogP contribution in [-0.2, 0) is 4.74 Å².